The summed E-state index contributed by atoms with van der Waals surface area (Å²) in [7, 11) is 1.35. The highest BCUT2D eigenvalue weighted by molar-refractivity contribution is 5.90. The fourth-order valence-corrected chi connectivity index (χ4v) is 4.33. The lowest BCUT2D eigenvalue weighted by Gasteiger charge is -2.37. The Kier molecular flexibility index (Phi) is 7.77. The molecule has 0 spiro atoms. The second-order valence-corrected chi connectivity index (χ2v) is 8.68. The van der Waals surface area contributed by atoms with Crippen LogP contribution < -0.4 is 10.1 Å². The van der Waals surface area contributed by atoms with Crippen molar-refractivity contribution in [2.75, 3.05) is 20.3 Å². The lowest BCUT2D eigenvalue weighted by molar-refractivity contribution is -0.131. The quantitative estimate of drug-likeness (QED) is 0.488. The van der Waals surface area contributed by atoms with Crippen LogP contribution >= 0.6 is 0 Å². The molecule has 0 bridgehead atoms. The van der Waals surface area contributed by atoms with Crippen LogP contribution in [-0.2, 0) is 26.3 Å². The summed E-state index contributed by atoms with van der Waals surface area (Å²) in [6.07, 6.45) is 4.71. The minimum atomic E-state index is -0.680. The lowest BCUT2D eigenvalue weighted by atomic mass is 9.73. The van der Waals surface area contributed by atoms with Crippen molar-refractivity contribution in [3.05, 3.63) is 95.3 Å². The van der Waals surface area contributed by atoms with Crippen molar-refractivity contribution in [2.45, 2.75) is 37.8 Å². The van der Waals surface area contributed by atoms with Crippen molar-refractivity contribution in [2.24, 2.45) is 0 Å². The molecule has 1 amide bonds. The van der Waals surface area contributed by atoms with Gasteiger partial charge in [-0.2, -0.15) is 0 Å². The molecule has 1 fully saturated rings. The maximum absolute atomic E-state index is 13.6. The Labute approximate surface area is 205 Å². The second kappa shape index (κ2) is 11.1. The van der Waals surface area contributed by atoms with E-state index in [2.05, 4.69) is 10.3 Å². The maximum atomic E-state index is 13.6. The van der Waals surface area contributed by atoms with Gasteiger partial charge in [0.25, 0.3) is 0 Å². The Bertz CT molecular complexity index is 1120. The van der Waals surface area contributed by atoms with Gasteiger partial charge in [0, 0.05) is 31.2 Å². The minimum absolute atomic E-state index is 0.0330. The summed E-state index contributed by atoms with van der Waals surface area (Å²) in [5.74, 6) is 0.316. The van der Waals surface area contributed by atoms with Crippen LogP contribution in [0.1, 0.15) is 52.9 Å². The smallest absolute Gasteiger partial charge is 0.337 e. The van der Waals surface area contributed by atoms with E-state index < -0.39 is 5.41 Å². The molecule has 0 radical (unpaired) electrons. The first kappa shape index (κ1) is 24.4. The number of nitrogens with one attached hydrogen (secondary N) is 1. The second-order valence-electron chi connectivity index (χ2n) is 8.68. The van der Waals surface area contributed by atoms with Crippen molar-refractivity contribution in [3.8, 4) is 5.75 Å². The molecule has 1 N–H and O–H groups in total. The predicted molar refractivity (Wildman–Crippen MR) is 131 cm³/mol. The van der Waals surface area contributed by atoms with Gasteiger partial charge in [0.1, 0.15) is 12.4 Å². The van der Waals surface area contributed by atoms with Crippen LogP contribution in [0.15, 0.2) is 73.1 Å². The van der Waals surface area contributed by atoms with Crippen LogP contribution in [0.3, 0.4) is 0 Å². The van der Waals surface area contributed by atoms with Gasteiger partial charge in [-0.1, -0.05) is 30.3 Å². The highest BCUT2D eigenvalue weighted by Crippen LogP contribution is 2.37. The molecule has 182 valence electrons. The fraction of sp³-hybridized carbons (Fsp3) is 0.321. The number of amides is 1. The highest BCUT2D eigenvalue weighted by Gasteiger charge is 2.42. The molecular weight excluding hydrogens is 444 g/mol. The summed E-state index contributed by atoms with van der Waals surface area (Å²) in [6, 6.07) is 18.5. The van der Waals surface area contributed by atoms with Crippen LogP contribution in [0.4, 0.5) is 0 Å². The maximum Gasteiger partial charge on any atom is 0.337 e. The zero-order valence-electron chi connectivity index (χ0n) is 20.0. The molecule has 1 aromatic heterocycles. The van der Waals surface area contributed by atoms with E-state index in [0.717, 1.165) is 22.4 Å². The van der Waals surface area contributed by atoms with E-state index >= 15 is 0 Å². The SMILES string of the molecule is COC(=O)c1ccc([C@H](C)NC(=O)C2(c3ccc(OCc4cccnc4)cc3)CCOCC2)cc1. The monoisotopic (exact) mass is 474 g/mol. The highest BCUT2D eigenvalue weighted by atomic mass is 16.5. The largest absolute Gasteiger partial charge is 0.489 e. The summed E-state index contributed by atoms with van der Waals surface area (Å²) in [6.45, 7) is 3.41. The number of hydrogen-bond donors (Lipinski definition) is 1. The third-order valence-electron chi connectivity index (χ3n) is 6.50. The standard InChI is InChI=1S/C28H30N2O5/c1-20(22-5-7-23(8-6-22)26(31)33-2)30-27(32)28(13-16-34-17-14-28)24-9-11-25(12-10-24)35-19-21-4-3-15-29-18-21/h3-12,15,18,20H,13-14,16-17,19H2,1-2H3,(H,30,32)/t20-/m0/s1. The summed E-state index contributed by atoms with van der Waals surface area (Å²) in [4.78, 5) is 29.4. The van der Waals surface area contributed by atoms with Crippen molar-refractivity contribution in [1.29, 1.82) is 0 Å². The minimum Gasteiger partial charge on any atom is -0.489 e. The normalized spacial score (nSPS) is 15.6. The number of nitrogens with zero attached hydrogens (tertiary/aromatic N) is 1. The molecule has 1 aliphatic heterocycles. The van der Waals surface area contributed by atoms with E-state index in [1.807, 2.05) is 55.5 Å². The number of pyridine rings is 1. The van der Waals surface area contributed by atoms with Gasteiger partial charge in [-0.05, 0) is 61.2 Å². The van der Waals surface area contributed by atoms with E-state index in [0.29, 0.717) is 38.2 Å². The molecule has 0 unspecified atom stereocenters. The average Bonchev–Trinajstić information content (AvgIpc) is 2.92. The van der Waals surface area contributed by atoms with Crippen molar-refractivity contribution < 1.29 is 23.8 Å². The number of carbonyl (C=O) groups excluding carboxylic acids is 2. The molecular formula is C28H30N2O5. The molecule has 35 heavy (non-hydrogen) atoms. The third kappa shape index (κ3) is 5.69. The van der Waals surface area contributed by atoms with Gasteiger partial charge < -0.3 is 19.5 Å². The zero-order valence-corrected chi connectivity index (χ0v) is 20.0. The van der Waals surface area contributed by atoms with E-state index in [1.165, 1.54) is 7.11 Å². The summed E-state index contributed by atoms with van der Waals surface area (Å²) < 4.78 is 16.2. The van der Waals surface area contributed by atoms with Crippen molar-refractivity contribution in [3.63, 3.8) is 0 Å². The van der Waals surface area contributed by atoms with Gasteiger partial charge in [-0.15, -0.1) is 0 Å². The molecule has 7 heteroatoms. The molecule has 0 saturated carbocycles. The Morgan fingerprint density at radius 3 is 2.40 bits per heavy atom. The van der Waals surface area contributed by atoms with Crippen LogP contribution in [0.5, 0.6) is 5.75 Å². The average molecular weight is 475 g/mol. The van der Waals surface area contributed by atoms with Gasteiger partial charge in [0.2, 0.25) is 5.91 Å². The molecule has 1 saturated heterocycles. The molecule has 4 rings (SSSR count). The van der Waals surface area contributed by atoms with E-state index in [4.69, 9.17) is 14.2 Å². The molecule has 2 aromatic carbocycles. The number of esters is 1. The zero-order chi connectivity index (χ0) is 24.7. The van der Waals surface area contributed by atoms with Crippen molar-refractivity contribution >= 4 is 11.9 Å². The summed E-state index contributed by atoms with van der Waals surface area (Å²) >= 11 is 0. The van der Waals surface area contributed by atoms with Crippen LogP contribution in [0.25, 0.3) is 0 Å². The number of benzene rings is 2. The number of aromatic nitrogens is 1. The first-order valence-electron chi connectivity index (χ1n) is 11.7. The van der Waals surface area contributed by atoms with Gasteiger partial charge in [-0.3, -0.25) is 9.78 Å². The third-order valence-corrected chi connectivity index (χ3v) is 6.50. The predicted octanol–water partition coefficient (Wildman–Crippen LogP) is 4.37. The van der Waals surface area contributed by atoms with E-state index in [-0.39, 0.29) is 17.9 Å². The molecule has 1 aliphatic rings. The van der Waals surface area contributed by atoms with Gasteiger partial charge in [0.15, 0.2) is 0 Å². The first-order chi connectivity index (χ1) is 17.0. The fourth-order valence-electron chi connectivity index (χ4n) is 4.33. The lowest BCUT2D eigenvalue weighted by Crippen LogP contribution is -2.48. The Balaban J connectivity index is 1.47. The first-order valence-corrected chi connectivity index (χ1v) is 11.7. The molecule has 7 nitrogen and oxygen atoms in total. The number of hydrogen-bond acceptors (Lipinski definition) is 6. The molecule has 2 heterocycles. The van der Waals surface area contributed by atoms with Crippen molar-refractivity contribution in [1.82, 2.24) is 10.3 Å². The number of carbonyl (C=O) groups is 2. The van der Waals surface area contributed by atoms with Crippen LogP contribution in [0, 0.1) is 0 Å². The van der Waals surface area contributed by atoms with E-state index in [1.54, 1.807) is 24.5 Å². The van der Waals surface area contributed by atoms with Crippen LogP contribution in [0.2, 0.25) is 0 Å². The Hall–Kier alpha value is -3.71. The Morgan fingerprint density at radius 1 is 1.06 bits per heavy atom. The number of ether oxygens (including phenoxy) is 3. The molecule has 1 atom stereocenters. The number of methoxy groups -OCH3 is 1. The van der Waals surface area contributed by atoms with Gasteiger partial charge in [0.05, 0.1) is 24.1 Å². The Morgan fingerprint density at radius 2 is 1.77 bits per heavy atom. The van der Waals surface area contributed by atoms with Gasteiger partial charge in [-0.25, -0.2) is 4.79 Å². The number of rotatable bonds is 8. The van der Waals surface area contributed by atoms with Gasteiger partial charge >= 0.3 is 5.97 Å². The molecule has 0 aliphatic carbocycles. The molecule has 3 aromatic rings. The van der Waals surface area contributed by atoms with Crippen LogP contribution in [-0.4, -0.2) is 37.2 Å². The topological polar surface area (TPSA) is 86.8 Å². The summed E-state index contributed by atoms with van der Waals surface area (Å²) in [5, 5.41) is 3.18. The van der Waals surface area contributed by atoms with E-state index in [9.17, 15) is 9.59 Å². The summed E-state index contributed by atoms with van der Waals surface area (Å²) in [5.41, 5.74) is 2.64.